The van der Waals surface area contributed by atoms with Gasteiger partial charge in [0.25, 0.3) is 11.5 Å². The number of nitrogens with one attached hydrogen (secondary N) is 1. The number of methoxy groups -OCH3 is 1. The molecule has 0 bridgehead atoms. The first-order chi connectivity index (χ1) is 25.2. The third-order valence-electron chi connectivity index (χ3n) is 10.6. The van der Waals surface area contributed by atoms with Crippen LogP contribution in [-0.2, 0) is 17.3 Å². The van der Waals surface area contributed by atoms with Crippen molar-refractivity contribution in [1.29, 1.82) is 5.26 Å². The van der Waals surface area contributed by atoms with Crippen molar-refractivity contribution in [2.75, 3.05) is 31.7 Å². The molecule has 11 heteroatoms. The molecular formula is C41H45ClN4O6. The quantitative estimate of drug-likeness (QED) is 0.152. The zero-order chi connectivity index (χ0) is 36.8. The van der Waals surface area contributed by atoms with Crippen LogP contribution in [0, 0.1) is 17.2 Å². The fraction of sp³-hybridized carbons (Fsp3) is 0.415. The van der Waals surface area contributed by atoms with E-state index in [1.165, 1.54) is 9.47 Å². The SMILES string of the molecule is CCN(C(=O)c1c(OCCNC(=O)[C@H]2CC[C@](C#N)(c3ccc(OC)c(OC4CCCC4)c3)CC2)c2c(Cl)cccc2n(C)c1=O)c1ccccc1. The van der Waals surface area contributed by atoms with E-state index in [2.05, 4.69) is 11.4 Å². The van der Waals surface area contributed by atoms with Gasteiger partial charge in [0.2, 0.25) is 5.91 Å². The van der Waals surface area contributed by atoms with Gasteiger partial charge in [0.15, 0.2) is 11.5 Å². The van der Waals surface area contributed by atoms with E-state index in [0.717, 1.165) is 31.2 Å². The second-order valence-electron chi connectivity index (χ2n) is 13.6. The number of carbonyl (C=O) groups excluding carboxylic acids is 2. The Hall–Kier alpha value is -5.01. The van der Waals surface area contributed by atoms with Gasteiger partial charge in [0.05, 0.1) is 47.2 Å². The van der Waals surface area contributed by atoms with Crippen LogP contribution in [0.3, 0.4) is 0 Å². The van der Waals surface area contributed by atoms with E-state index < -0.39 is 16.9 Å². The van der Waals surface area contributed by atoms with Crippen LogP contribution >= 0.6 is 11.6 Å². The molecule has 52 heavy (non-hydrogen) atoms. The van der Waals surface area contributed by atoms with Crippen LogP contribution in [0.5, 0.6) is 17.2 Å². The van der Waals surface area contributed by atoms with Crippen molar-refractivity contribution < 1.29 is 23.8 Å². The molecule has 0 aliphatic heterocycles. The van der Waals surface area contributed by atoms with Crippen LogP contribution in [0.25, 0.3) is 10.9 Å². The molecular weight excluding hydrogens is 680 g/mol. The van der Waals surface area contributed by atoms with Gasteiger partial charge in [-0.05, 0) is 100 Å². The molecule has 2 saturated carbocycles. The normalized spacial score (nSPS) is 18.8. The number of nitriles is 1. The predicted octanol–water partition coefficient (Wildman–Crippen LogP) is 7.34. The summed E-state index contributed by atoms with van der Waals surface area (Å²) in [6, 6.07) is 22.6. The summed E-state index contributed by atoms with van der Waals surface area (Å²) in [5.74, 6) is 0.505. The summed E-state index contributed by atoms with van der Waals surface area (Å²) >= 11 is 6.67. The molecule has 0 unspecified atom stereocenters. The summed E-state index contributed by atoms with van der Waals surface area (Å²) in [4.78, 5) is 42.7. The fourth-order valence-corrected chi connectivity index (χ4v) is 7.85. The highest BCUT2D eigenvalue weighted by Crippen LogP contribution is 2.44. The molecule has 6 rings (SSSR count). The highest BCUT2D eigenvalue weighted by Gasteiger charge is 2.40. The fourth-order valence-electron chi connectivity index (χ4n) is 7.60. The Kier molecular flexibility index (Phi) is 11.4. The number of aromatic nitrogens is 1. The van der Waals surface area contributed by atoms with Crippen LogP contribution in [-0.4, -0.2) is 49.3 Å². The third kappa shape index (κ3) is 7.33. The smallest absolute Gasteiger partial charge is 0.267 e. The maximum atomic E-state index is 14.1. The second-order valence-corrected chi connectivity index (χ2v) is 14.0. The topological polar surface area (TPSA) is 123 Å². The van der Waals surface area contributed by atoms with Crippen molar-refractivity contribution in [3.05, 3.63) is 93.2 Å². The molecule has 1 N–H and O–H groups in total. The molecule has 4 aromatic rings. The number of pyridine rings is 1. The number of anilines is 1. The average molecular weight is 725 g/mol. The summed E-state index contributed by atoms with van der Waals surface area (Å²) < 4.78 is 19.5. The Balaban J connectivity index is 1.14. The first-order valence-electron chi connectivity index (χ1n) is 18.1. The van der Waals surface area contributed by atoms with Crippen molar-refractivity contribution >= 4 is 40.0 Å². The molecule has 1 heterocycles. The van der Waals surface area contributed by atoms with Crippen molar-refractivity contribution in [3.63, 3.8) is 0 Å². The maximum absolute atomic E-state index is 14.1. The lowest BCUT2D eigenvalue weighted by Gasteiger charge is -2.35. The summed E-state index contributed by atoms with van der Waals surface area (Å²) in [6.07, 6.45) is 6.63. The van der Waals surface area contributed by atoms with Crippen LogP contribution in [0.4, 0.5) is 5.69 Å². The van der Waals surface area contributed by atoms with Crippen LogP contribution in [0.2, 0.25) is 5.02 Å². The minimum atomic E-state index is -0.727. The molecule has 3 aromatic carbocycles. The molecule has 272 valence electrons. The molecule has 2 aliphatic carbocycles. The van der Waals surface area contributed by atoms with E-state index in [1.807, 2.05) is 55.5 Å². The minimum absolute atomic E-state index is 0.00143. The van der Waals surface area contributed by atoms with E-state index >= 15 is 0 Å². The number of hydrogen-bond donors (Lipinski definition) is 1. The van der Waals surface area contributed by atoms with Gasteiger partial charge in [-0.1, -0.05) is 41.9 Å². The first kappa shape index (κ1) is 36.8. The highest BCUT2D eigenvalue weighted by atomic mass is 35.5. The largest absolute Gasteiger partial charge is 0.493 e. The lowest BCUT2D eigenvalue weighted by molar-refractivity contribution is -0.126. The van der Waals surface area contributed by atoms with Gasteiger partial charge in [-0.2, -0.15) is 5.26 Å². The van der Waals surface area contributed by atoms with Gasteiger partial charge in [0, 0.05) is 25.2 Å². The lowest BCUT2D eigenvalue weighted by atomic mass is 9.67. The van der Waals surface area contributed by atoms with Gasteiger partial charge in [-0.3, -0.25) is 14.4 Å². The molecule has 0 atom stereocenters. The summed E-state index contributed by atoms with van der Waals surface area (Å²) in [5.41, 5.74) is 0.686. The first-order valence-corrected chi connectivity index (χ1v) is 18.4. The molecule has 10 nitrogen and oxygen atoms in total. The number of halogens is 1. The lowest BCUT2D eigenvalue weighted by Crippen LogP contribution is -2.39. The highest BCUT2D eigenvalue weighted by molar-refractivity contribution is 6.36. The molecule has 0 spiro atoms. The molecule has 0 radical (unpaired) electrons. The number of para-hydroxylation sites is 1. The number of carbonyl (C=O) groups is 2. The van der Waals surface area contributed by atoms with Crippen molar-refractivity contribution in [2.24, 2.45) is 13.0 Å². The van der Waals surface area contributed by atoms with Gasteiger partial charge in [-0.15, -0.1) is 0 Å². The Morgan fingerprint density at radius 2 is 1.75 bits per heavy atom. The summed E-state index contributed by atoms with van der Waals surface area (Å²) in [5, 5.41) is 14.2. The minimum Gasteiger partial charge on any atom is -0.493 e. The van der Waals surface area contributed by atoms with E-state index in [0.29, 0.717) is 65.3 Å². The Morgan fingerprint density at radius 3 is 2.42 bits per heavy atom. The summed E-state index contributed by atoms with van der Waals surface area (Å²) in [6.45, 7) is 2.31. The van der Waals surface area contributed by atoms with Gasteiger partial charge < -0.3 is 29.0 Å². The van der Waals surface area contributed by atoms with E-state index in [1.54, 1.807) is 32.4 Å². The van der Waals surface area contributed by atoms with E-state index in [4.69, 9.17) is 25.8 Å². The van der Waals surface area contributed by atoms with Gasteiger partial charge in [-0.25, -0.2) is 0 Å². The number of aryl methyl sites for hydroxylation is 1. The van der Waals surface area contributed by atoms with E-state index in [9.17, 15) is 19.6 Å². The Bertz CT molecular complexity index is 2030. The van der Waals surface area contributed by atoms with Crippen LogP contribution in [0.15, 0.2) is 71.5 Å². The standard InChI is InChI=1S/C41H45ClN4O6/c1-4-46(29-11-6-5-7-12-29)40(49)36-37(35-31(42)15-10-16-32(35)45(2)39(36)48)51-24-23-44-38(47)27-19-21-41(26-43,22-20-27)28-17-18-33(50-3)34(25-28)52-30-13-8-9-14-30/h5-7,10-12,15-18,25,27,30H,4,8-9,13-14,19-24H2,1-3H3,(H,44,47)/t27-,41-. The van der Waals surface area contributed by atoms with E-state index in [-0.39, 0.29) is 42.4 Å². The number of nitrogens with zero attached hydrogens (tertiary/aromatic N) is 3. The predicted molar refractivity (Wildman–Crippen MR) is 202 cm³/mol. The zero-order valence-electron chi connectivity index (χ0n) is 30.0. The summed E-state index contributed by atoms with van der Waals surface area (Å²) in [7, 11) is 3.22. The molecule has 1 aromatic heterocycles. The Morgan fingerprint density at radius 1 is 1.02 bits per heavy atom. The number of amides is 2. The van der Waals surface area contributed by atoms with Crippen molar-refractivity contribution in [2.45, 2.75) is 69.8 Å². The van der Waals surface area contributed by atoms with Crippen molar-refractivity contribution in [1.82, 2.24) is 9.88 Å². The Labute approximate surface area is 309 Å². The molecule has 0 saturated heterocycles. The number of hydrogen-bond acceptors (Lipinski definition) is 7. The number of rotatable bonds is 12. The van der Waals surface area contributed by atoms with Crippen molar-refractivity contribution in [3.8, 4) is 23.3 Å². The molecule has 2 amide bonds. The maximum Gasteiger partial charge on any atom is 0.267 e. The van der Waals surface area contributed by atoms with Crippen LogP contribution in [0.1, 0.15) is 74.2 Å². The molecule has 2 aliphatic rings. The number of ether oxygens (including phenoxy) is 3. The molecule has 2 fully saturated rings. The van der Waals surface area contributed by atoms with Gasteiger partial charge in [0.1, 0.15) is 17.9 Å². The zero-order valence-corrected chi connectivity index (χ0v) is 30.7. The monoisotopic (exact) mass is 724 g/mol. The number of benzene rings is 3. The number of fused-ring (bicyclic) bond motifs is 1. The van der Waals surface area contributed by atoms with Gasteiger partial charge >= 0.3 is 0 Å². The second kappa shape index (κ2) is 16.1. The average Bonchev–Trinajstić information content (AvgIpc) is 3.69. The third-order valence-corrected chi connectivity index (χ3v) is 10.9. The van der Waals surface area contributed by atoms with Crippen LogP contribution < -0.4 is 30.0 Å².